The van der Waals surface area contributed by atoms with Gasteiger partial charge in [0.1, 0.15) is 0 Å². The fourth-order valence-electron chi connectivity index (χ4n) is 3.65. The summed E-state index contributed by atoms with van der Waals surface area (Å²) in [6.07, 6.45) is 6.05. The molecule has 2 nitrogen and oxygen atoms in total. The predicted octanol–water partition coefficient (Wildman–Crippen LogP) is 4.47. The monoisotopic (exact) mass is 326 g/mol. The molecule has 1 aliphatic carbocycles. The van der Waals surface area contributed by atoms with Crippen LogP contribution in [0.2, 0.25) is 0 Å². The Balaban J connectivity index is 1.70. The van der Waals surface area contributed by atoms with Crippen LogP contribution in [0, 0.1) is 0 Å². The minimum Gasteiger partial charge on any atom is -0.355 e. The van der Waals surface area contributed by atoms with Crippen molar-refractivity contribution in [1.29, 1.82) is 0 Å². The Morgan fingerprint density at radius 1 is 0.870 bits per heavy atom. The van der Waals surface area contributed by atoms with Crippen LogP contribution < -0.4 is 0 Å². The fourth-order valence-corrected chi connectivity index (χ4v) is 5.37. The minimum atomic E-state index is -1.16. The Bertz CT molecular complexity index is 694. The summed E-state index contributed by atoms with van der Waals surface area (Å²) in [5, 5.41) is 0. The van der Waals surface area contributed by atoms with Gasteiger partial charge in [0.2, 0.25) is 0 Å². The second-order valence-electron chi connectivity index (χ2n) is 6.79. The van der Waals surface area contributed by atoms with Gasteiger partial charge in [0.15, 0.2) is 4.93 Å². The number of hydrogen-bond acceptors (Lipinski definition) is 2. The average Bonchev–Trinajstić information content (AvgIpc) is 3.34. The van der Waals surface area contributed by atoms with E-state index in [1.54, 1.807) is 0 Å². The molecular weight excluding hydrogens is 304 g/mol. The van der Waals surface area contributed by atoms with Crippen LogP contribution >= 0.6 is 0 Å². The maximum absolute atomic E-state index is 13.4. The zero-order valence-corrected chi connectivity index (χ0v) is 14.1. The highest BCUT2D eigenvalue weighted by Gasteiger charge is 2.55. The molecule has 2 aliphatic rings. The lowest BCUT2D eigenvalue weighted by Gasteiger charge is -2.41. The number of rotatable bonds is 4. The van der Waals surface area contributed by atoms with Gasteiger partial charge in [0.05, 0.1) is 16.4 Å². The van der Waals surface area contributed by atoms with E-state index in [1.165, 1.54) is 5.56 Å². The van der Waals surface area contributed by atoms with Crippen molar-refractivity contribution >= 4 is 10.8 Å². The lowest BCUT2D eigenvalue weighted by atomic mass is 9.97. The van der Waals surface area contributed by atoms with Gasteiger partial charge in [-0.15, -0.1) is 0 Å². The van der Waals surface area contributed by atoms with E-state index >= 15 is 0 Å². The van der Waals surface area contributed by atoms with Gasteiger partial charge in [-0.05, 0) is 49.8 Å². The van der Waals surface area contributed by atoms with Crippen LogP contribution in [0.15, 0.2) is 65.6 Å². The molecule has 2 unspecified atom stereocenters. The first-order valence-electron chi connectivity index (χ1n) is 8.43. The van der Waals surface area contributed by atoms with Gasteiger partial charge >= 0.3 is 0 Å². The van der Waals surface area contributed by atoms with E-state index in [2.05, 4.69) is 12.1 Å². The van der Waals surface area contributed by atoms with E-state index in [0.29, 0.717) is 0 Å². The third-order valence-corrected chi connectivity index (χ3v) is 6.82. The molecular formula is C20H22O2S. The first kappa shape index (κ1) is 15.1. The molecule has 0 amide bonds. The molecule has 0 bridgehead atoms. The average molecular weight is 326 g/mol. The van der Waals surface area contributed by atoms with Crippen molar-refractivity contribution in [2.75, 3.05) is 0 Å². The van der Waals surface area contributed by atoms with Gasteiger partial charge in [0, 0.05) is 11.3 Å². The zero-order valence-electron chi connectivity index (χ0n) is 13.2. The highest BCUT2D eigenvalue weighted by molar-refractivity contribution is 7.86. The summed E-state index contributed by atoms with van der Waals surface area (Å²) >= 11 is 0. The standard InChI is InChI=1S/C20H22O2S/c21-23(18-10-5-2-6-11-18)20(16-17-8-3-1-4-9-17)13-7-12-19(22-20)14-15-19/h1-6,8-11H,7,12-16H2. The number of benzene rings is 2. The molecule has 2 fully saturated rings. The van der Waals surface area contributed by atoms with Crippen LogP contribution in [0.3, 0.4) is 0 Å². The summed E-state index contributed by atoms with van der Waals surface area (Å²) in [6.45, 7) is 0. The summed E-state index contributed by atoms with van der Waals surface area (Å²) in [5.41, 5.74) is 1.21. The van der Waals surface area contributed by atoms with Gasteiger partial charge in [0.25, 0.3) is 0 Å². The van der Waals surface area contributed by atoms with Gasteiger partial charge in [-0.2, -0.15) is 0 Å². The van der Waals surface area contributed by atoms with E-state index in [1.807, 2.05) is 48.5 Å². The van der Waals surface area contributed by atoms with Crippen molar-refractivity contribution in [3.05, 3.63) is 66.2 Å². The largest absolute Gasteiger partial charge is 0.355 e. The maximum Gasteiger partial charge on any atom is 0.152 e. The zero-order chi connectivity index (χ0) is 15.8. The van der Waals surface area contributed by atoms with Crippen LogP contribution in [-0.2, 0) is 22.0 Å². The van der Waals surface area contributed by atoms with Crippen LogP contribution in [0.4, 0.5) is 0 Å². The summed E-state index contributed by atoms with van der Waals surface area (Å²) < 4.78 is 20.0. The Kier molecular flexibility index (Phi) is 3.86. The van der Waals surface area contributed by atoms with Gasteiger partial charge < -0.3 is 4.74 Å². The molecule has 2 aromatic rings. The molecule has 120 valence electrons. The lowest BCUT2D eigenvalue weighted by molar-refractivity contribution is -0.0910. The van der Waals surface area contributed by atoms with E-state index < -0.39 is 15.7 Å². The predicted molar refractivity (Wildman–Crippen MR) is 92.6 cm³/mol. The van der Waals surface area contributed by atoms with Crippen LogP contribution in [0.5, 0.6) is 0 Å². The van der Waals surface area contributed by atoms with E-state index in [-0.39, 0.29) is 5.60 Å². The highest BCUT2D eigenvalue weighted by Crippen LogP contribution is 2.53. The third kappa shape index (κ3) is 3.00. The topological polar surface area (TPSA) is 26.3 Å². The Morgan fingerprint density at radius 2 is 1.52 bits per heavy atom. The molecule has 1 heterocycles. The molecule has 0 N–H and O–H groups in total. The Morgan fingerprint density at radius 3 is 2.17 bits per heavy atom. The molecule has 1 aliphatic heterocycles. The maximum atomic E-state index is 13.4. The second-order valence-corrected chi connectivity index (χ2v) is 8.55. The van der Waals surface area contributed by atoms with Crippen LogP contribution in [-0.4, -0.2) is 14.7 Å². The van der Waals surface area contributed by atoms with Gasteiger partial charge in [-0.1, -0.05) is 48.5 Å². The van der Waals surface area contributed by atoms with Crippen molar-refractivity contribution in [2.45, 2.75) is 54.0 Å². The van der Waals surface area contributed by atoms with Crippen molar-refractivity contribution in [1.82, 2.24) is 0 Å². The highest BCUT2D eigenvalue weighted by atomic mass is 32.2. The summed E-state index contributed by atoms with van der Waals surface area (Å²) in [4.78, 5) is 0.290. The lowest BCUT2D eigenvalue weighted by Crippen LogP contribution is -2.47. The fraction of sp³-hybridized carbons (Fsp3) is 0.400. The number of ether oxygens (including phenoxy) is 1. The molecule has 1 spiro atoms. The molecule has 2 atom stereocenters. The molecule has 23 heavy (non-hydrogen) atoms. The Hall–Kier alpha value is -1.45. The van der Waals surface area contributed by atoms with E-state index in [9.17, 15) is 4.21 Å². The first-order valence-corrected chi connectivity index (χ1v) is 9.58. The molecule has 1 saturated carbocycles. The summed E-state index contributed by atoms with van der Waals surface area (Å²) in [5.74, 6) is 0. The minimum absolute atomic E-state index is 0.0114. The van der Waals surface area contributed by atoms with Crippen molar-refractivity contribution in [2.24, 2.45) is 0 Å². The smallest absolute Gasteiger partial charge is 0.152 e. The van der Waals surface area contributed by atoms with Crippen molar-refractivity contribution < 1.29 is 8.95 Å². The normalized spacial score (nSPS) is 26.8. The van der Waals surface area contributed by atoms with E-state index in [4.69, 9.17) is 4.74 Å². The molecule has 4 rings (SSSR count). The molecule has 2 aromatic carbocycles. The Labute approximate surface area is 140 Å². The molecule has 1 saturated heterocycles. The quantitative estimate of drug-likeness (QED) is 0.829. The third-order valence-electron chi connectivity index (χ3n) is 5.01. The SMILES string of the molecule is O=S(c1ccccc1)C1(Cc2ccccc2)CCCC2(CC2)O1. The van der Waals surface area contributed by atoms with E-state index in [0.717, 1.165) is 43.4 Å². The summed E-state index contributed by atoms with van der Waals surface area (Å²) in [7, 11) is -1.16. The first-order chi connectivity index (χ1) is 11.2. The van der Waals surface area contributed by atoms with Crippen LogP contribution in [0.1, 0.15) is 37.7 Å². The van der Waals surface area contributed by atoms with Crippen LogP contribution in [0.25, 0.3) is 0 Å². The molecule has 3 heteroatoms. The molecule has 0 radical (unpaired) electrons. The number of hydrogen-bond donors (Lipinski definition) is 0. The van der Waals surface area contributed by atoms with Crippen molar-refractivity contribution in [3.63, 3.8) is 0 Å². The van der Waals surface area contributed by atoms with Gasteiger partial charge in [-0.3, -0.25) is 4.21 Å². The second kappa shape index (κ2) is 5.88. The van der Waals surface area contributed by atoms with Gasteiger partial charge in [-0.25, -0.2) is 0 Å². The molecule has 0 aromatic heterocycles. The summed E-state index contributed by atoms with van der Waals surface area (Å²) in [6, 6.07) is 20.1. The van der Waals surface area contributed by atoms with Crippen molar-refractivity contribution in [3.8, 4) is 0 Å².